The Morgan fingerprint density at radius 2 is 1.81 bits per heavy atom. The van der Waals surface area contributed by atoms with Crippen LogP contribution in [0.5, 0.6) is 5.75 Å². The first-order valence-corrected chi connectivity index (χ1v) is 7.46. The molecule has 0 aromatic heterocycles. The highest BCUT2D eigenvalue weighted by molar-refractivity contribution is 9.10. The summed E-state index contributed by atoms with van der Waals surface area (Å²) in [5, 5.41) is 9.34. The van der Waals surface area contributed by atoms with Crippen LogP contribution >= 0.6 is 15.9 Å². The van der Waals surface area contributed by atoms with Gasteiger partial charge in [-0.05, 0) is 54.8 Å². The molecule has 0 aliphatic heterocycles. The summed E-state index contributed by atoms with van der Waals surface area (Å²) in [5.41, 5.74) is 3.16. The number of hydrogen-bond acceptors (Lipinski definition) is 2. The number of carboxylic acids is 1. The largest absolute Gasteiger partial charge is 0.478 e. The van der Waals surface area contributed by atoms with Crippen LogP contribution in [0.3, 0.4) is 0 Å². The lowest BCUT2D eigenvalue weighted by Gasteiger charge is -2.16. The molecule has 0 aliphatic rings. The summed E-state index contributed by atoms with van der Waals surface area (Å²) in [5.74, 6) is -0.376. The van der Waals surface area contributed by atoms with Crippen molar-refractivity contribution in [2.75, 3.05) is 0 Å². The van der Waals surface area contributed by atoms with Crippen LogP contribution in [0.1, 0.15) is 16.7 Å². The highest BCUT2D eigenvalue weighted by Gasteiger charge is 2.20. The smallest absolute Gasteiger partial charge is 0.345 e. The standard InChI is InChI=1S/C17H17BrO3/c1-11-3-8-15(9-12(11)2)21-16(17(19)20)10-13-4-6-14(18)7-5-13/h3-9,16H,10H2,1-2H3,(H,19,20). The lowest BCUT2D eigenvalue weighted by atomic mass is 10.1. The first-order valence-electron chi connectivity index (χ1n) is 6.67. The third-order valence-corrected chi connectivity index (χ3v) is 3.90. The van der Waals surface area contributed by atoms with Crippen LogP contribution in [0.15, 0.2) is 46.9 Å². The fourth-order valence-corrected chi connectivity index (χ4v) is 2.23. The Morgan fingerprint density at radius 1 is 1.14 bits per heavy atom. The molecule has 110 valence electrons. The van der Waals surface area contributed by atoms with E-state index in [1.807, 2.05) is 50.2 Å². The van der Waals surface area contributed by atoms with Gasteiger partial charge in [0.1, 0.15) is 5.75 Å². The summed E-state index contributed by atoms with van der Waals surface area (Å²) in [4.78, 5) is 11.4. The van der Waals surface area contributed by atoms with E-state index in [0.717, 1.165) is 21.2 Å². The normalized spacial score (nSPS) is 12.0. The molecule has 3 nitrogen and oxygen atoms in total. The number of carbonyl (C=O) groups is 1. The van der Waals surface area contributed by atoms with Crippen LogP contribution < -0.4 is 4.74 Å². The van der Waals surface area contributed by atoms with Gasteiger partial charge >= 0.3 is 5.97 Å². The maximum atomic E-state index is 11.4. The molecule has 1 atom stereocenters. The molecular formula is C17H17BrO3. The molecule has 4 heteroatoms. The van der Waals surface area contributed by atoms with Gasteiger partial charge in [-0.25, -0.2) is 4.79 Å². The molecule has 0 saturated heterocycles. The van der Waals surface area contributed by atoms with E-state index >= 15 is 0 Å². The van der Waals surface area contributed by atoms with Crippen molar-refractivity contribution in [2.24, 2.45) is 0 Å². The maximum Gasteiger partial charge on any atom is 0.345 e. The number of carboxylic acid groups (broad SMARTS) is 1. The molecule has 0 amide bonds. The predicted molar refractivity (Wildman–Crippen MR) is 85.8 cm³/mol. The molecule has 0 bridgehead atoms. The molecule has 0 radical (unpaired) electrons. The molecule has 0 fully saturated rings. The first-order chi connectivity index (χ1) is 9.95. The molecule has 0 heterocycles. The number of halogens is 1. The summed E-state index contributed by atoms with van der Waals surface area (Å²) in [7, 11) is 0. The van der Waals surface area contributed by atoms with Crippen molar-refractivity contribution < 1.29 is 14.6 Å². The quantitative estimate of drug-likeness (QED) is 0.883. The van der Waals surface area contributed by atoms with Crippen LogP contribution in [0.25, 0.3) is 0 Å². The predicted octanol–water partition coefficient (Wildman–Crippen LogP) is 4.14. The number of hydrogen-bond donors (Lipinski definition) is 1. The minimum atomic E-state index is -0.962. The van der Waals surface area contributed by atoms with Crippen molar-refractivity contribution in [3.05, 3.63) is 63.6 Å². The van der Waals surface area contributed by atoms with Gasteiger partial charge in [-0.3, -0.25) is 0 Å². The number of rotatable bonds is 5. The average Bonchev–Trinajstić information content (AvgIpc) is 2.44. The first kappa shape index (κ1) is 15.6. The summed E-state index contributed by atoms with van der Waals surface area (Å²) in [6, 6.07) is 13.2. The maximum absolute atomic E-state index is 11.4. The highest BCUT2D eigenvalue weighted by atomic mass is 79.9. The summed E-state index contributed by atoms with van der Waals surface area (Å²) < 4.78 is 6.60. The molecule has 0 aliphatic carbocycles. The Labute approximate surface area is 132 Å². The second kappa shape index (κ2) is 6.76. The van der Waals surface area contributed by atoms with E-state index in [1.165, 1.54) is 0 Å². The zero-order valence-corrected chi connectivity index (χ0v) is 13.6. The minimum absolute atomic E-state index is 0.329. The van der Waals surface area contributed by atoms with E-state index in [0.29, 0.717) is 12.2 Å². The molecule has 2 aromatic carbocycles. The zero-order chi connectivity index (χ0) is 15.4. The van der Waals surface area contributed by atoms with Crippen LogP contribution in [0, 0.1) is 13.8 Å². The van der Waals surface area contributed by atoms with Crippen LogP contribution in [-0.2, 0) is 11.2 Å². The van der Waals surface area contributed by atoms with Gasteiger partial charge in [0, 0.05) is 10.9 Å². The summed E-state index contributed by atoms with van der Waals surface area (Å²) >= 11 is 3.36. The third kappa shape index (κ3) is 4.33. The van der Waals surface area contributed by atoms with Crippen LogP contribution in [0.4, 0.5) is 0 Å². The molecule has 1 N–H and O–H groups in total. The van der Waals surface area contributed by atoms with Gasteiger partial charge in [0.15, 0.2) is 6.10 Å². The van der Waals surface area contributed by atoms with Crippen molar-refractivity contribution in [1.29, 1.82) is 0 Å². The Bertz CT molecular complexity index is 635. The number of benzene rings is 2. The van der Waals surface area contributed by atoms with Gasteiger partial charge in [0.2, 0.25) is 0 Å². The molecule has 1 unspecified atom stereocenters. The SMILES string of the molecule is Cc1ccc(OC(Cc2ccc(Br)cc2)C(=O)O)cc1C. The van der Waals surface area contributed by atoms with Gasteiger partial charge < -0.3 is 9.84 Å². The van der Waals surface area contributed by atoms with Gasteiger partial charge in [-0.15, -0.1) is 0 Å². The van der Waals surface area contributed by atoms with Gasteiger partial charge in [0.25, 0.3) is 0 Å². The lowest BCUT2D eigenvalue weighted by molar-refractivity contribution is -0.145. The lowest BCUT2D eigenvalue weighted by Crippen LogP contribution is -2.29. The second-order valence-corrected chi connectivity index (χ2v) is 5.94. The van der Waals surface area contributed by atoms with Gasteiger partial charge in [-0.1, -0.05) is 34.1 Å². The van der Waals surface area contributed by atoms with E-state index in [9.17, 15) is 9.90 Å². The van der Waals surface area contributed by atoms with E-state index in [-0.39, 0.29) is 0 Å². The highest BCUT2D eigenvalue weighted by Crippen LogP contribution is 2.20. The average molecular weight is 349 g/mol. The Morgan fingerprint density at radius 3 is 2.38 bits per heavy atom. The van der Waals surface area contributed by atoms with Crippen molar-refractivity contribution >= 4 is 21.9 Å². The topological polar surface area (TPSA) is 46.5 Å². The Kier molecular flexibility index (Phi) is 5.02. The minimum Gasteiger partial charge on any atom is -0.478 e. The molecule has 2 aromatic rings. The summed E-state index contributed by atoms with van der Waals surface area (Å²) in [6.07, 6.45) is -0.566. The van der Waals surface area contributed by atoms with E-state index in [4.69, 9.17) is 4.74 Å². The van der Waals surface area contributed by atoms with Crippen molar-refractivity contribution in [1.82, 2.24) is 0 Å². The molecule has 2 rings (SSSR count). The second-order valence-electron chi connectivity index (χ2n) is 5.02. The number of aliphatic carboxylic acids is 1. The fraction of sp³-hybridized carbons (Fsp3) is 0.235. The van der Waals surface area contributed by atoms with E-state index < -0.39 is 12.1 Å². The van der Waals surface area contributed by atoms with Crippen LogP contribution in [-0.4, -0.2) is 17.2 Å². The van der Waals surface area contributed by atoms with Gasteiger partial charge in [0.05, 0.1) is 0 Å². The van der Waals surface area contributed by atoms with Gasteiger partial charge in [-0.2, -0.15) is 0 Å². The third-order valence-electron chi connectivity index (χ3n) is 3.37. The van der Waals surface area contributed by atoms with Crippen molar-refractivity contribution in [3.8, 4) is 5.75 Å². The van der Waals surface area contributed by atoms with E-state index in [1.54, 1.807) is 6.07 Å². The summed E-state index contributed by atoms with van der Waals surface area (Å²) in [6.45, 7) is 3.99. The number of ether oxygens (including phenoxy) is 1. The van der Waals surface area contributed by atoms with Crippen LogP contribution in [0.2, 0.25) is 0 Å². The molecule has 0 saturated carbocycles. The monoisotopic (exact) mass is 348 g/mol. The van der Waals surface area contributed by atoms with Crippen molar-refractivity contribution in [2.45, 2.75) is 26.4 Å². The molecule has 0 spiro atoms. The van der Waals surface area contributed by atoms with E-state index in [2.05, 4.69) is 15.9 Å². The fourth-order valence-electron chi connectivity index (χ4n) is 1.97. The molecular weight excluding hydrogens is 332 g/mol. The Balaban J connectivity index is 2.13. The number of aryl methyl sites for hydroxylation is 2. The van der Waals surface area contributed by atoms with Crippen molar-refractivity contribution in [3.63, 3.8) is 0 Å². The zero-order valence-electron chi connectivity index (χ0n) is 12.0. The molecule has 21 heavy (non-hydrogen) atoms. The Hall–Kier alpha value is -1.81.